The molecule has 2 rings (SSSR count). The number of hydrogen-bond donors (Lipinski definition) is 0. The van der Waals surface area contributed by atoms with Gasteiger partial charge in [-0.15, -0.1) is 0 Å². The Morgan fingerprint density at radius 1 is 1.19 bits per heavy atom. The molecule has 0 unspecified atom stereocenters. The van der Waals surface area contributed by atoms with Gasteiger partial charge >= 0.3 is 0 Å². The molecule has 1 amide bonds. The molecular weight excluding hydrogens is 273 g/mol. The van der Waals surface area contributed by atoms with Gasteiger partial charge in [0.2, 0.25) is 0 Å². The van der Waals surface area contributed by atoms with Crippen molar-refractivity contribution in [3.05, 3.63) is 29.6 Å². The zero-order chi connectivity index (χ0) is 15.2. The Morgan fingerprint density at radius 3 is 2.43 bits per heavy atom. The first kappa shape index (κ1) is 15.5. The number of benzene rings is 1. The van der Waals surface area contributed by atoms with E-state index in [2.05, 4.69) is 0 Å². The summed E-state index contributed by atoms with van der Waals surface area (Å²) in [5.74, 6) is -0.942. The van der Waals surface area contributed by atoms with Gasteiger partial charge in [-0.2, -0.15) is 0 Å². The third kappa shape index (κ3) is 4.28. The monoisotopic (exact) mass is 293 g/mol. The third-order valence-corrected chi connectivity index (χ3v) is 3.65. The van der Waals surface area contributed by atoms with Gasteiger partial charge in [0.25, 0.3) is 5.91 Å². The van der Waals surface area contributed by atoms with Crippen LogP contribution in [0.5, 0.6) is 5.75 Å². The largest absolute Gasteiger partial charge is 0.481 e. The van der Waals surface area contributed by atoms with Gasteiger partial charge in [0.05, 0.1) is 0 Å². The highest BCUT2D eigenvalue weighted by molar-refractivity contribution is 5.94. The van der Waals surface area contributed by atoms with Crippen LogP contribution in [-0.2, 0) is 4.79 Å². The molecule has 0 aliphatic carbocycles. The Kier molecular flexibility index (Phi) is 5.31. The Morgan fingerprint density at radius 2 is 1.86 bits per heavy atom. The molecule has 114 valence electrons. The standard InChI is InChI=1S/C16H20FNO3/c1-12(19)13-6-7-15(14(17)10-13)21-11-16(20)18-8-4-2-3-5-9-18/h6-7,10H,2-5,8-9,11H2,1H3. The van der Waals surface area contributed by atoms with Crippen LogP contribution in [0.2, 0.25) is 0 Å². The number of halogens is 1. The summed E-state index contributed by atoms with van der Waals surface area (Å²) < 4.78 is 19.0. The van der Waals surface area contributed by atoms with E-state index in [0.29, 0.717) is 5.56 Å². The van der Waals surface area contributed by atoms with E-state index in [1.165, 1.54) is 19.1 Å². The van der Waals surface area contributed by atoms with Crippen molar-refractivity contribution in [2.45, 2.75) is 32.6 Å². The van der Waals surface area contributed by atoms with Crippen LogP contribution in [0, 0.1) is 5.82 Å². The van der Waals surface area contributed by atoms with Crippen molar-refractivity contribution >= 4 is 11.7 Å². The average molecular weight is 293 g/mol. The number of hydrogen-bond acceptors (Lipinski definition) is 3. The van der Waals surface area contributed by atoms with E-state index in [1.54, 1.807) is 4.90 Å². The van der Waals surface area contributed by atoms with Crippen molar-refractivity contribution in [3.8, 4) is 5.75 Å². The quantitative estimate of drug-likeness (QED) is 0.802. The number of nitrogens with zero attached hydrogens (tertiary/aromatic N) is 1. The summed E-state index contributed by atoms with van der Waals surface area (Å²) >= 11 is 0. The molecule has 1 aromatic carbocycles. The lowest BCUT2D eigenvalue weighted by Crippen LogP contribution is -2.35. The molecule has 4 nitrogen and oxygen atoms in total. The Bertz CT molecular complexity index is 522. The molecule has 5 heteroatoms. The molecule has 1 heterocycles. The maximum absolute atomic E-state index is 13.8. The van der Waals surface area contributed by atoms with Crippen LogP contribution in [0.1, 0.15) is 43.0 Å². The summed E-state index contributed by atoms with van der Waals surface area (Å²) in [5, 5.41) is 0. The number of ether oxygens (including phenoxy) is 1. The lowest BCUT2D eigenvalue weighted by atomic mass is 10.1. The van der Waals surface area contributed by atoms with E-state index in [4.69, 9.17) is 4.74 Å². The number of carbonyl (C=O) groups is 2. The predicted octanol–water partition coefficient (Wildman–Crippen LogP) is 2.81. The lowest BCUT2D eigenvalue weighted by molar-refractivity contribution is -0.133. The first-order valence-corrected chi connectivity index (χ1v) is 7.29. The summed E-state index contributed by atoms with van der Waals surface area (Å²) in [5.41, 5.74) is 0.290. The number of likely N-dealkylation sites (tertiary alicyclic amines) is 1. The first-order valence-electron chi connectivity index (χ1n) is 7.29. The van der Waals surface area contributed by atoms with Crippen LogP contribution in [0.3, 0.4) is 0 Å². The number of amides is 1. The van der Waals surface area contributed by atoms with Crippen molar-refractivity contribution < 1.29 is 18.7 Å². The summed E-state index contributed by atoms with van der Waals surface area (Å²) in [6, 6.07) is 4.02. The first-order chi connectivity index (χ1) is 10.1. The molecule has 1 aliphatic rings. The van der Waals surface area contributed by atoms with E-state index in [1.807, 2.05) is 0 Å². The van der Waals surface area contributed by atoms with E-state index in [0.717, 1.165) is 44.8 Å². The van der Waals surface area contributed by atoms with Crippen molar-refractivity contribution in [2.75, 3.05) is 19.7 Å². The molecule has 1 aliphatic heterocycles. The summed E-state index contributed by atoms with van der Waals surface area (Å²) in [6.07, 6.45) is 4.30. The SMILES string of the molecule is CC(=O)c1ccc(OCC(=O)N2CCCCCC2)c(F)c1. The number of Topliss-reactive ketones (excluding diaryl/α,β-unsaturated/α-hetero) is 1. The van der Waals surface area contributed by atoms with E-state index < -0.39 is 5.82 Å². The molecule has 1 aromatic rings. The van der Waals surface area contributed by atoms with Gasteiger partial charge in [-0.25, -0.2) is 4.39 Å². The zero-order valence-electron chi connectivity index (χ0n) is 12.2. The normalized spacial score (nSPS) is 15.4. The molecular formula is C16H20FNO3. The second kappa shape index (κ2) is 7.20. The molecule has 0 saturated carbocycles. The summed E-state index contributed by atoms with van der Waals surface area (Å²) in [6.45, 7) is 2.69. The van der Waals surface area contributed by atoms with Crippen LogP contribution < -0.4 is 4.74 Å². The van der Waals surface area contributed by atoms with Gasteiger partial charge < -0.3 is 9.64 Å². The van der Waals surface area contributed by atoms with E-state index >= 15 is 0 Å². The van der Waals surface area contributed by atoms with Crippen molar-refractivity contribution in [2.24, 2.45) is 0 Å². The van der Waals surface area contributed by atoms with Crippen molar-refractivity contribution in [1.82, 2.24) is 4.90 Å². The van der Waals surface area contributed by atoms with Crippen LogP contribution >= 0.6 is 0 Å². The molecule has 0 atom stereocenters. The van der Waals surface area contributed by atoms with Gasteiger partial charge in [-0.3, -0.25) is 9.59 Å². The van der Waals surface area contributed by atoms with Crippen LogP contribution in [-0.4, -0.2) is 36.3 Å². The van der Waals surface area contributed by atoms with E-state index in [9.17, 15) is 14.0 Å². The lowest BCUT2D eigenvalue weighted by Gasteiger charge is -2.20. The highest BCUT2D eigenvalue weighted by atomic mass is 19.1. The predicted molar refractivity (Wildman–Crippen MR) is 76.9 cm³/mol. The number of ketones is 1. The molecule has 0 aromatic heterocycles. The molecule has 0 radical (unpaired) electrons. The molecule has 1 fully saturated rings. The highest BCUT2D eigenvalue weighted by Gasteiger charge is 2.17. The minimum absolute atomic E-state index is 0.00294. The minimum atomic E-state index is -0.619. The van der Waals surface area contributed by atoms with E-state index in [-0.39, 0.29) is 24.0 Å². The summed E-state index contributed by atoms with van der Waals surface area (Å²) in [7, 11) is 0. The topological polar surface area (TPSA) is 46.6 Å². The maximum Gasteiger partial charge on any atom is 0.260 e. The summed E-state index contributed by atoms with van der Waals surface area (Å²) in [4.78, 5) is 25.0. The van der Waals surface area contributed by atoms with Gasteiger partial charge in [-0.05, 0) is 38.0 Å². The van der Waals surface area contributed by atoms with Crippen LogP contribution in [0.15, 0.2) is 18.2 Å². The third-order valence-electron chi connectivity index (χ3n) is 3.65. The smallest absolute Gasteiger partial charge is 0.260 e. The molecule has 0 spiro atoms. The number of rotatable bonds is 4. The van der Waals surface area contributed by atoms with Crippen molar-refractivity contribution in [3.63, 3.8) is 0 Å². The second-order valence-electron chi connectivity index (χ2n) is 5.29. The molecule has 0 bridgehead atoms. The highest BCUT2D eigenvalue weighted by Crippen LogP contribution is 2.19. The Hall–Kier alpha value is -1.91. The fourth-order valence-electron chi connectivity index (χ4n) is 2.39. The zero-order valence-corrected chi connectivity index (χ0v) is 12.2. The van der Waals surface area contributed by atoms with Crippen LogP contribution in [0.25, 0.3) is 0 Å². The number of carbonyl (C=O) groups excluding carboxylic acids is 2. The van der Waals surface area contributed by atoms with Gasteiger partial charge in [0, 0.05) is 18.7 Å². The molecule has 1 saturated heterocycles. The molecule has 0 N–H and O–H groups in total. The van der Waals surface area contributed by atoms with Crippen molar-refractivity contribution in [1.29, 1.82) is 0 Å². The van der Waals surface area contributed by atoms with Gasteiger partial charge in [0.15, 0.2) is 24.0 Å². The molecule has 21 heavy (non-hydrogen) atoms. The Balaban J connectivity index is 1.93. The average Bonchev–Trinajstić information content (AvgIpc) is 2.74. The van der Waals surface area contributed by atoms with Gasteiger partial charge in [0.1, 0.15) is 0 Å². The fraction of sp³-hybridized carbons (Fsp3) is 0.500. The minimum Gasteiger partial charge on any atom is -0.481 e. The maximum atomic E-state index is 13.8. The fourth-order valence-corrected chi connectivity index (χ4v) is 2.39. The second-order valence-corrected chi connectivity index (χ2v) is 5.29. The van der Waals surface area contributed by atoms with Crippen LogP contribution in [0.4, 0.5) is 4.39 Å². The Labute approximate surface area is 123 Å². The van der Waals surface area contributed by atoms with Gasteiger partial charge in [-0.1, -0.05) is 12.8 Å².